The molecule has 2 aromatic rings. The molecule has 0 aromatic carbocycles. The summed E-state index contributed by atoms with van der Waals surface area (Å²) in [6.07, 6.45) is 6.44. The lowest BCUT2D eigenvalue weighted by Crippen LogP contribution is -2.34. The van der Waals surface area contributed by atoms with Gasteiger partial charge >= 0.3 is 0 Å². The van der Waals surface area contributed by atoms with Gasteiger partial charge in [-0.15, -0.1) is 0 Å². The number of aromatic amines is 1. The molecular weight excluding hydrogens is 342 g/mol. The van der Waals surface area contributed by atoms with Gasteiger partial charge in [-0.2, -0.15) is 5.10 Å². The van der Waals surface area contributed by atoms with Gasteiger partial charge in [0.1, 0.15) is 0 Å². The number of pyridine rings is 1. The minimum Gasteiger partial charge on any atom is -0.339 e. The van der Waals surface area contributed by atoms with E-state index in [1.807, 2.05) is 18.2 Å². The summed E-state index contributed by atoms with van der Waals surface area (Å²) in [6.45, 7) is 1.41. The molecule has 1 fully saturated rings. The second-order valence-corrected chi connectivity index (χ2v) is 7.53. The smallest absolute Gasteiger partial charge is 0.228 e. The summed E-state index contributed by atoms with van der Waals surface area (Å²) in [5, 5.41) is 7.55. The molecule has 2 aromatic heterocycles. The van der Waals surface area contributed by atoms with Crippen molar-refractivity contribution in [3.63, 3.8) is 0 Å². The predicted molar refractivity (Wildman–Crippen MR) is 99.5 cm³/mol. The minimum absolute atomic E-state index is 0.0134. The SMILES string of the molecule is CN(Cc1n[nH]c2c1CCCC2)C(=O)[C@@H]1CC(=O)N(Cc2ccccn2)C1. The normalized spacial score (nSPS) is 19.2. The van der Waals surface area contributed by atoms with E-state index in [9.17, 15) is 9.59 Å². The van der Waals surface area contributed by atoms with Crippen molar-refractivity contribution < 1.29 is 9.59 Å². The molecule has 4 rings (SSSR count). The molecule has 2 amide bonds. The number of likely N-dealkylation sites (tertiary alicyclic amines) is 1. The number of aromatic nitrogens is 3. The van der Waals surface area contributed by atoms with Gasteiger partial charge in [0.2, 0.25) is 11.8 Å². The molecule has 27 heavy (non-hydrogen) atoms. The van der Waals surface area contributed by atoms with Crippen LogP contribution in [0.2, 0.25) is 0 Å². The number of aryl methyl sites for hydroxylation is 1. The Morgan fingerprint density at radius 2 is 2.19 bits per heavy atom. The van der Waals surface area contributed by atoms with E-state index in [0.29, 0.717) is 19.6 Å². The second-order valence-electron chi connectivity index (χ2n) is 7.53. The number of amides is 2. The van der Waals surface area contributed by atoms with Gasteiger partial charge in [-0.1, -0.05) is 6.07 Å². The second kappa shape index (κ2) is 7.50. The number of nitrogens with one attached hydrogen (secondary N) is 1. The van der Waals surface area contributed by atoms with Crippen LogP contribution in [0, 0.1) is 5.92 Å². The number of nitrogens with zero attached hydrogens (tertiary/aromatic N) is 4. The molecule has 7 nitrogen and oxygen atoms in total. The van der Waals surface area contributed by atoms with Crippen molar-refractivity contribution >= 4 is 11.8 Å². The zero-order chi connectivity index (χ0) is 18.8. The maximum absolute atomic E-state index is 12.9. The van der Waals surface area contributed by atoms with Gasteiger partial charge in [0.05, 0.1) is 30.4 Å². The van der Waals surface area contributed by atoms with Crippen LogP contribution in [0.25, 0.3) is 0 Å². The molecule has 1 N–H and O–H groups in total. The number of rotatable bonds is 5. The quantitative estimate of drug-likeness (QED) is 0.872. The lowest BCUT2D eigenvalue weighted by atomic mass is 9.96. The van der Waals surface area contributed by atoms with Crippen molar-refractivity contribution in [2.45, 2.75) is 45.2 Å². The Morgan fingerprint density at radius 3 is 3.00 bits per heavy atom. The Bertz CT molecular complexity index is 832. The van der Waals surface area contributed by atoms with Gasteiger partial charge < -0.3 is 9.80 Å². The Labute approximate surface area is 158 Å². The van der Waals surface area contributed by atoms with Gasteiger partial charge in [-0.25, -0.2) is 0 Å². The van der Waals surface area contributed by atoms with Crippen LogP contribution in [0.4, 0.5) is 0 Å². The van der Waals surface area contributed by atoms with E-state index in [-0.39, 0.29) is 24.2 Å². The van der Waals surface area contributed by atoms with E-state index < -0.39 is 0 Å². The first kappa shape index (κ1) is 17.7. The maximum atomic E-state index is 12.9. The number of carbonyl (C=O) groups is 2. The van der Waals surface area contributed by atoms with E-state index in [4.69, 9.17) is 0 Å². The van der Waals surface area contributed by atoms with Crippen LogP contribution in [-0.4, -0.2) is 50.4 Å². The summed E-state index contributed by atoms with van der Waals surface area (Å²) in [5.74, 6) is -0.259. The highest BCUT2D eigenvalue weighted by Gasteiger charge is 2.36. The Balaban J connectivity index is 1.38. The van der Waals surface area contributed by atoms with E-state index in [2.05, 4.69) is 15.2 Å². The van der Waals surface area contributed by atoms with E-state index in [0.717, 1.165) is 24.2 Å². The van der Waals surface area contributed by atoms with Crippen LogP contribution >= 0.6 is 0 Å². The van der Waals surface area contributed by atoms with E-state index in [1.165, 1.54) is 24.1 Å². The van der Waals surface area contributed by atoms with Crippen LogP contribution in [0.1, 0.15) is 41.9 Å². The molecule has 1 saturated heterocycles. The Hall–Kier alpha value is -2.70. The highest BCUT2D eigenvalue weighted by Crippen LogP contribution is 2.25. The molecule has 1 atom stereocenters. The zero-order valence-electron chi connectivity index (χ0n) is 15.6. The first-order chi connectivity index (χ1) is 13.1. The topological polar surface area (TPSA) is 82.2 Å². The molecule has 0 saturated carbocycles. The molecule has 7 heteroatoms. The fraction of sp³-hybridized carbons (Fsp3) is 0.500. The molecule has 3 heterocycles. The first-order valence-corrected chi connectivity index (χ1v) is 9.59. The molecule has 0 spiro atoms. The molecule has 2 aliphatic rings. The van der Waals surface area contributed by atoms with Crippen LogP contribution in [0.15, 0.2) is 24.4 Å². The lowest BCUT2D eigenvalue weighted by Gasteiger charge is -2.21. The van der Waals surface area contributed by atoms with E-state index >= 15 is 0 Å². The maximum Gasteiger partial charge on any atom is 0.228 e. The lowest BCUT2D eigenvalue weighted by molar-refractivity contribution is -0.135. The Kier molecular flexibility index (Phi) is 4.92. The molecule has 1 aliphatic carbocycles. The average Bonchev–Trinajstić information content (AvgIpc) is 3.26. The van der Waals surface area contributed by atoms with Crippen molar-refractivity contribution in [2.75, 3.05) is 13.6 Å². The van der Waals surface area contributed by atoms with Crippen molar-refractivity contribution in [3.05, 3.63) is 47.0 Å². The van der Waals surface area contributed by atoms with Crippen LogP contribution in [-0.2, 0) is 35.5 Å². The first-order valence-electron chi connectivity index (χ1n) is 9.59. The van der Waals surface area contributed by atoms with Crippen molar-refractivity contribution in [2.24, 2.45) is 5.92 Å². The largest absolute Gasteiger partial charge is 0.339 e. The monoisotopic (exact) mass is 367 g/mol. The van der Waals surface area contributed by atoms with Gasteiger partial charge in [-0.3, -0.25) is 19.7 Å². The highest BCUT2D eigenvalue weighted by molar-refractivity contribution is 5.89. The summed E-state index contributed by atoms with van der Waals surface area (Å²) in [5.41, 5.74) is 4.31. The average molecular weight is 367 g/mol. The van der Waals surface area contributed by atoms with Gasteiger partial charge in [0.25, 0.3) is 0 Å². The van der Waals surface area contributed by atoms with E-state index in [1.54, 1.807) is 23.0 Å². The Morgan fingerprint density at radius 1 is 1.33 bits per heavy atom. The summed E-state index contributed by atoms with van der Waals surface area (Å²) in [4.78, 5) is 32.9. The predicted octanol–water partition coefficient (Wildman–Crippen LogP) is 1.69. The van der Waals surface area contributed by atoms with Gasteiger partial charge in [0.15, 0.2) is 0 Å². The molecule has 0 radical (unpaired) electrons. The third-order valence-corrected chi connectivity index (χ3v) is 5.55. The number of hydrogen-bond acceptors (Lipinski definition) is 4. The van der Waals surface area contributed by atoms with Crippen molar-refractivity contribution in [3.8, 4) is 0 Å². The molecule has 0 bridgehead atoms. The summed E-state index contributed by atoms with van der Waals surface area (Å²) >= 11 is 0. The summed E-state index contributed by atoms with van der Waals surface area (Å²) < 4.78 is 0. The van der Waals surface area contributed by atoms with Crippen LogP contribution in [0.5, 0.6) is 0 Å². The standard InChI is InChI=1S/C20H25N5O2/c1-24(13-18-16-7-2-3-8-17(16)22-23-18)20(27)14-10-19(26)25(11-14)12-15-6-4-5-9-21-15/h4-6,9,14H,2-3,7-8,10-13H2,1H3,(H,22,23)/t14-/m1/s1. The highest BCUT2D eigenvalue weighted by atomic mass is 16.2. The summed E-state index contributed by atoms with van der Waals surface area (Å²) in [7, 11) is 1.80. The molecule has 1 aliphatic heterocycles. The van der Waals surface area contributed by atoms with Crippen LogP contribution < -0.4 is 0 Å². The van der Waals surface area contributed by atoms with Gasteiger partial charge in [0, 0.05) is 31.9 Å². The molecule has 0 unspecified atom stereocenters. The third-order valence-electron chi connectivity index (χ3n) is 5.55. The van der Waals surface area contributed by atoms with Gasteiger partial charge in [-0.05, 0) is 43.4 Å². The fourth-order valence-corrected chi connectivity index (χ4v) is 4.07. The van der Waals surface area contributed by atoms with Crippen molar-refractivity contribution in [1.82, 2.24) is 25.0 Å². The number of fused-ring (bicyclic) bond motifs is 1. The summed E-state index contributed by atoms with van der Waals surface area (Å²) in [6, 6.07) is 5.66. The van der Waals surface area contributed by atoms with Crippen LogP contribution in [0.3, 0.4) is 0 Å². The molecule has 142 valence electrons. The zero-order valence-corrected chi connectivity index (χ0v) is 15.6. The number of H-pyrrole nitrogens is 1. The minimum atomic E-state index is -0.291. The third kappa shape index (κ3) is 3.72. The number of hydrogen-bond donors (Lipinski definition) is 1. The fourth-order valence-electron chi connectivity index (χ4n) is 4.07. The van der Waals surface area contributed by atoms with Crippen molar-refractivity contribution in [1.29, 1.82) is 0 Å². The number of carbonyl (C=O) groups excluding carboxylic acids is 2. The molecular formula is C20H25N5O2.